The summed E-state index contributed by atoms with van der Waals surface area (Å²) in [5, 5.41) is 8.51. The van der Waals surface area contributed by atoms with Gasteiger partial charge in [-0.2, -0.15) is 5.26 Å². The summed E-state index contributed by atoms with van der Waals surface area (Å²) in [5.74, 6) is -0.717. The summed E-state index contributed by atoms with van der Waals surface area (Å²) in [7, 11) is 0. The molecule has 1 rings (SSSR count). The highest BCUT2D eigenvalue weighted by Gasteiger charge is 2.32. The lowest BCUT2D eigenvalue weighted by Gasteiger charge is -2.10. The van der Waals surface area contributed by atoms with Crippen LogP contribution in [0, 0.1) is 11.3 Å². The number of alkyl halides is 3. The summed E-state index contributed by atoms with van der Waals surface area (Å²) in [6, 6.07) is 2.34. The van der Waals surface area contributed by atoms with E-state index < -0.39 is 17.8 Å². The zero-order valence-electron chi connectivity index (χ0n) is 6.97. The monoisotopic (exact) mass is 281 g/mol. The van der Waals surface area contributed by atoms with Gasteiger partial charge in [0.05, 0.1) is 5.69 Å². The molecule has 0 aromatic carbocycles. The van der Waals surface area contributed by atoms with Crippen LogP contribution in [0.5, 0.6) is 5.75 Å². The first-order chi connectivity index (χ1) is 6.83. The molecule has 0 bridgehead atoms. The van der Waals surface area contributed by atoms with Gasteiger partial charge in [0, 0.05) is 6.07 Å². The van der Waals surface area contributed by atoms with E-state index in [2.05, 4.69) is 25.7 Å². The minimum absolute atomic E-state index is 0.0479. The van der Waals surface area contributed by atoms with Crippen LogP contribution in [-0.4, -0.2) is 11.3 Å². The molecule has 1 heterocycles. The number of nitrogens with two attached hydrogens (primary N) is 1. The number of aromatic nitrogens is 1. The van der Waals surface area contributed by atoms with Crippen LogP contribution in [0.1, 0.15) is 5.69 Å². The van der Waals surface area contributed by atoms with Gasteiger partial charge in [-0.25, -0.2) is 4.98 Å². The van der Waals surface area contributed by atoms with Gasteiger partial charge in [-0.15, -0.1) is 13.2 Å². The normalized spacial score (nSPS) is 10.9. The number of nitrogens with zero attached hydrogens (tertiary/aromatic N) is 2. The van der Waals surface area contributed by atoms with E-state index >= 15 is 0 Å². The zero-order valence-corrected chi connectivity index (χ0v) is 8.56. The lowest BCUT2D eigenvalue weighted by Crippen LogP contribution is -2.18. The van der Waals surface area contributed by atoms with Gasteiger partial charge >= 0.3 is 6.36 Å². The topological polar surface area (TPSA) is 71.9 Å². The standard InChI is InChI=1S/C7H3BrF3N3O/c8-6-3(13)1-5(4(2-12)14-6)15-7(9,10)11/h1H,13H2. The third-order valence-electron chi connectivity index (χ3n) is 1.30. The Morgan fingerprint density at radius 2 is 2.13 bits per heavy atom. The summed E-state index contributed by atoms with van der Waals surface area (Å²) in [5.41, 5.74) is 4.76. The van der Waals surface area contributed by atoms with E-state index in [-0.39, 0.29) is 10.3 Å². The van der Waals surface area contributed by atoms with Crippen LogP contribution in [0.2, 0.25) is 0 Å². The molecule has 2 N–H and O–H groups in total. The Morgan fingerprint density at radius 3 is 2.60 bits per heavy atom. The maximum absolute atomic E-state index is 11.9. The first-order valence-electron chi connectivity index (χ1n) is 3.45. The molecule has 8 heteroatoms. The van der Waals surface area contributed by atoms with E-state index in [1.165, 1.54) is 6.07 Å². The van der Waals surface area contributed by atoms with Gasteiger partial charge in [-0.1, -0.05) is 0 Å². The van der Waals surface area contributed by atoms with E-state index in [9.17, 15) is 13.2 Å². The number of hydrogen-bond donors (Lipinski definition) is 1. The van der Waals surface area contributed by atoms with E-state index in [1.54, 1.807) is 0 Å². The molecule has 1 aromatic rings. The van der Waals surface area contributed by atoms with Crippen molar-refractivity contribution in [1.82, 2.24) is 4.98 Å². The van der Waals surface area contributed by atoms with Crippen LogP contribution in [0.15, 0.2) is 10.7 Å². The van der Waals surface area contributed by atoms with Gasteiger partial charge in [-0.3, -0.25) is 0 Å². The smallest absolute Gasteiger partial charge is 0.403 e. The van der Waals surface area contributed by atoms with E-state index in [0.29, 0.717) is 0 Å². The van der Waals surface area contributed by atoms with Crippen molar-refractivity contribution in [3.8, 4) is 11.8 Å². The van der Waals surface area contributed by atoms with E-state index in [0.717, 1.165) is 6.07 Å². The third-order valence-corrected chi connectivity index (χ3v) is 1.93. The molecular weight excluding hydrogens is 279 g/mol. The van der Waals surface area contributed by atoms with Crippen molar-refractivity contribution >= 4 is 21.6 Å². The number of nitriles is 1. The largest absolute Gasteiger partial charge is 0.573 e. The van der Waals surface area contributed by atoms with Crippen molar-refractivity contribution in [3.63, 3.8) is 0 Å². The number of ether oxygens (including phenoxy) is 1. The number of anilines is 1. The number of halogens is 4. The predicted molar refractivity (Wildman–Crippen MR) is 47.7 cm³/mol. The Bertz CT molecular complexity index is 427. The molecule has 0 aliphatic heterocycles. The third kappa shape index (κ3) is 2.99. The lowest BCUT2D eigenvalue weighted by molar-refractivity contribution is -0.274. The van der Waals surface area contributed by atoms with Gasteiger partial charge < -0.3 is 10.5 Å². The van der Waals surface area contributed by atoms with E-state index in [4.69, 9.17) is 11.0 Å². The van der Waals surface area contributed by atoms with Gasteiger partial charge in [-0.05, 0) is 15.9 Å². The van der Waals surface area contributed by atoms with Gasteiger partial charge in [0.1, 0.15) is 10.7 Å². The molecule has 0 spiro atoms. The molecule has 0 aliphatic carbocycles. The zero-order chi connectivity index (χ0) is 11.6. The van der Waals surface area contributed by atoms with Crippen molar-refractivity contribution in [1.29, 1.82) is 5.26 Å². The maximum Gasteiger partial charge on any atom is 0.573 e. The number of rotatable bonds is 1. The second-order valence-corrected chi connectivity index (χ2v) is 3.13. The van der Waals surface area contributed by atoms with Crippen LogP contribution in [-0.2, 0) is 0 Å². The number of hydrogen-bond acceptors (Lipinski definition) is 4. The number of nitrogen functional groups attached to an aromatic ring is 1. The van der Waals surface area contributed by atoms with Gasteiger partial charge in [0.25, 0.3) is 0 Å². The van der Waals surface area contributed by atoms with Crippen molar-refractivity contribution in [2.45, 2.75) is 6.36 Å². The molecule has 15 heavy (non-hydrogen) atoms. The fraction of sp³-hybridized carbons (Fsp3) is 0.143. The van der Waals surface area contributed by atoms with Gasteiger partial charge in [0.15, 0.2) is 11.4 Å². The molecular formula is C7H3BrF3N3O. The Balaban J connectivity index is 3.18. The highest BCUT2D eigenvalue weighted by molar-refractivity contribution is 9.10. The van der Waals surface area contributed by atoms with Crippen molar-refractivity contribution < 1.29 is 17.9 Å². The van der Waals surface area contributed by atoms with Crippen molar-refractivity contribution in [3.05, 3.63) is 16.4 Å². The molecule has 0 saturated carbocycles. The molecule has 0 fully saturated rings. The molecule has 4 nitrogen and oxygen atoms in total. The minimum Gasteiger partial charge on any atom is -0.403 e. The fourth-order valence-electron chi connectivity index (χ4n) is 0.770. The molecule has 80 valence electrons. The highest BCUT2D eigenvalue weighted by Crippen LogP contribution is 2.29. The Hall–Kier alpha value is -1.49. The average Bonchev–Trinajstić information content (AvgIpc) is 2.08. The summed E-state index contributed by atoms with van der Waals surface area (Å²) in [4.78, 5) is 3.48. The van der Waals surface area contributed by atoms with E-state index in [1.807, 2.05) is 0 Å². The first kappa shape index (κ1) is 11.6. The molecule has 0 atom stereocenters. The van der Waals surface area contributed by atoms with Crippen LogP contribution >= 0.6 is 15.9 Å². The Morgan fingerprint density at radius 1 is 1.53 bits per heavy atom. The summed E-state index contributed by atoms with van der Waals surface area (Å²) >= 11 is 2.88. The van der Waals surface area contributed by atoms with Crippen LogP contribution < -0.4 is 10.5 Å². The van der Waals surface area contributed by atoms with Crippen LogP contribution in [0.3, 0.4) is 0 Å². The Labute approximate surface area is 90.6 Å². The first-order valence-corrected chi connectivity index (χ1v) is 4.24. The minimum atomic E-state index is -4.88. The summed E-state index contributed by atoms with van der Waals surface area (Å²) < 4.78 is 39.3. The second kappa shape index (κ2) is 3.94. The van der Waals surface area contributed by atoms with Crippen LogP contribution in [0.4, 0.5) is 18.9 Å². The highest BCUT2D eigenvalue weighted by atomic mass is 79.9. The van der Waals surface area contributed by atoms with Gasteiger partial charge in [0.2, 0.25) is 0 Å². The maximum atomic E-state index is 11.9. The van der Waals surface area contributed by atoms with Crippen LogP contribution in [0.25, 0.3) is 0 Å². The molecule has 0 amide bonds. The SMILES string of the molecule is N#Cc1nc(Br)c(N)cc1OC(F)(F)F. The van der Waals surface area contributed by atoms with Crippen molar-refractivity contribution in [2.75, 3.05) is 5.73 Å². The number of pyridine rings is 1. The molecule has 0 saturated heterocycles. The average molecular weight is 282 g/mol. The van der Waals surface area contributed by atoms with Crippen molar-refractivity contribution in [2.24, 2.45) is 0 Å². The lowest BCUT2D eigenvalue weighted by atomic mass is 10.3. The Kier molecular flexibility index (Phi) is 3.04. The quantitative estimate of drug-likeness (QED) is 0.801. The molecule has 0 radical (unpaired) electrons. The predicted octanol–water partition coefficient (Wildman–Crippen LogP) is 2.20. The summed E-state index contributed by atoms with van der Waals surface area (Å²) in [6.07, 6.45) is -4.88. The second-order valence-electron chi connectivity index (χ2n) is 2.37. The summed E-state index contributed by atoms with van der Waals surface area (Å²) in [6.45, 7) is 0. The molecule has 0 aliphatic rings. The fourth-order valence-corrected chi connectivity index (χ4v) is 1.06. The molecule has 1 aromatic heterocycles. The molecule has 0 unspecified atom stereocenters.